The first-order valence-corrected chi connectivity index (χ1v) is 14.9. The largest absolute Gasteiger partial charge is 0.705 e. The summed E-state index contributed by atoms with van der Waals surface area (Å²) < 4.78 is 28.2. The van der Waals surface area contributed by atoms with E-state index in [1.807, 2.05) is 55.1 Å². The van der Waals surface area contributed by atoms with E-state index in [0.29, 0.717) is 19.4 Å². The second kappa shape index (κ2) is 10.3. The Kier molecular flexibility index (Phi) is 7.72. The molecule has 8 nitrogen and oxygen atoms in total. The maximum absolute atomic E-state index is 11.6. The minimum atomic E-state index is -3.82. The van der Waals surface area contributed by atoms with Gasteiger partial charge in [0.1, 0.15) is 5.75 Å². The van der Waals surface area contributed by atoms with Crippen molar-refractivity contribution in [2.24, 2.45) is 0 Å². The van der Waals surface area contributed by atoms with Crippen LogP contribution < -0.4 is 9.61 Å². The molecular weight excluding hydrogens is 460 g/mol. The van der Waals surface area contributed by atoms with Gasteiger partial charge in [0.2, 0.25) is 0 Å². The van der Waals surface area contributed by atoms with Gasteiger partial charge in [-0.1, -0.05) is 36.4 Å². The van der Waals surface area contributed by atoms with E-state index in [9.17, 15) is 14.4 Å². The van der Waals surface area contributed by atoms with Crippen molar-refractivity contribution >= 4 is 40.5 Å². The van der Waals surface area contributed by atoms with Gasteiger partial charge in [-0.15, -0.1) is 0 Å². The Bertz CT molecular complexity index is 986. The monoisotopic (exact) mass is 488 g/mol. The van der Waals surface area contributed by atoms with E-state index in [0.717, 1.165) is 22.1 Å². The maximum Gasteiger partial charge on any atom is 0.705 e. The number of rotatable bonds is 8. The zero-order valence-corrected chi connectivity index (χ0v) is 21.2. The molecule has 1 atom stereocenters. The first-order chi connectivity index (χ1) is 15.6. The highest BCUT2D eigenvalue weighted by atomic mass is 28.4. The van der Waals surface area contributed by atoms with Crippen LogP contribution in [0.2, 0.25) is 12.6 Å². The summed E-state index contributed by atoms with van der Waals surface area (Å²) in [7, 11) is -6.33. The lowest BCUT2D eigenvalue weighted by atomic mass is 10.1. The summed E-state index contributed by atoms with van der Waals surface area (Å²) in [6.45, 7) is 6.04. The second-order valence-electron chi connectivity index (χ2n) is 7.96. The SMILES string of the molecule is CC(=O)O[Si](CCCc1ccc2c(c1)CO[Si](C)(c1ccccc1)O2)(OC(C)=O)OC(C)=O. The van der Waals surface area contributed by atoms with E-state index < -0.39 is 35.3 Å². The van der Waals surface area contributed by atoms with Crippen LogP contribution >= 0.6 is 0 Å². The third-order valence-corrected chi connectivity index (χ3v) is 10.5. The lowest BCUT2D eigenvalue weighted by Gasteiger charge is -2.33. The molecule has 0 saturated carbocycles. The highest BCUT2D eigenvalue weighted by molar-refractivity contribution is 6.80. The van der Waals surface area contributed by atoms with Gasteiger partial charge in [0.25, 0.3) is 17.9 Å². The third kappa shape index (κ3) is 6.53. The molecule has 1 heterocycles. The Morgan fingerprint density at radius 1 is 0.939 bits per heavy atom. The molecule has 0 bridgehead atoms. The minimum absolute atomic E-state index is 0.134. The fraction of sp³-hybridized carbons (Fsp3) is 0.348. The number of hydrogen-bond donors (Lipinski definition) is 0. The number of aryl methyl sites for hydroxylation is 1. The standard InChI is InChI=1S/C23H28O8Si2/c1-17(24)28-33(29-18(2)25,30-19(3)26)14-8-9-20-12-13-23-21(15-20)16-27-32(4,31-23)22-10-6-5-7-11-22/h5-7,10-13,15H,8-9,14,16H2,1-4H3. The van der Waals surface area contributed by atoms with Gasteiger partial charge in [-0.05, 0) is 37.1 Å². The van der Waals surface area contributed by atoms with Crippen molar-refractivity contribution in [1.82, 2.24) is 0 Å². The second-order valence-corrected chi connectivity index (χ2v) is 13.4. The summed E-state index contributed by atoms with van der Waals surface area (Å²) in [5.74, 6) is -1.19. The number of carbonyl (C=O) groups is 3. The van der Waals surface area contributed by atoms with E-state index in [2.05, 4.69) is 0 Å². The Labute approximate surface area is 195 Å². The van der Waals surface area contributed by atoms with Crippen molar-refractivity contribution in [2.45, 2.75) is 52.8 Å². The molecule has 0 radical (unpaired) electrons. The van der Waals surface area contributed by atoms with Crippen LogP contribution in [0.5, 0.6) is 5.75 Å². The van der Waals surface area contributed by atoms with Gasteiger partial charge in [-0.2, -0.15) is 0 Å². The van der Waals surface area contributed by atoms with Gasteiger partial charge in [0.05, 0.1) is 12.7 Å². The molecule has 176 valence electrons. The number of hydrogen-bond acceptors (Lipinski definition) is 8. The Morgan fingerprint density at radius 2 is 1.55 bits per heavy atom. The Hall–Kier alpha value is -2.96. The lowest BCUT2D eigenvalue weighted by molar-refractivity contribution is -0.147. The van der Waals surface area contributed by atoms with Gasteiger partial charge < -0.3 is 22.1 Å². The fourth-order valence-corrected chi connectivity index (χ4v) is 8.27. The molecule has 0 aliphatic carbocycles. The smallest absolute Gasteiger partial charge is 0.517 e. The Morgan fingerprint density at radius 3 is 2.12 bits per heavy atom. The average Bonchev–Trinajstić information content (AvgIpc) is 2.73. The molecule has 2 aromatic rings. The van der Waals surface area contributed by atoms with Crippen LogP contribution in [0, 0.1) is 0 Å². The van der Waals surface area contributed by atoms with Gasteiger partial charge in [0.15, 0.2) is 0 Å². The number of benzene rings is 2. The number of fused-ring (bicyclic) bond motifs is 1. The molecule has 2 aromatic carbocycles. The average molecular weight is 489 g/mol. The van der Waals surface area contributed by atoms with Gasteiger partial charge in [0, 0.05) is 31.5 Å². The summed E-state index contributed by atoms with van der Waals surface area (Å²) in [4.78, 5) is 34.7. The van der Waals surface area contributed by atoms with E-state index in [1.54, 1.807) is 0 Å². The molecule has 1 aliphatic heterocycles. The van der Waals surface area contributed by atoms with E-state index in [-0.39, 0.29) is 6.04 Å². The molecular formula is C23H28O8Si2. The predicted molar refractivity (Wildman–Crippen MR) is 124 cm³/mol. The zero-order chi connectivity index (χ0) is 24.1. The van der Waals surface area contributed by atoms with Crippen molar-refractivity contribution in [3.8, 4) is 5.75 Å². The van der Waals surface area contributed by atoms with Gasteiger partial charge in [-0.3, -0.25) is 14.4 Å². The van der Waals surface area contributed by atoms with Crippen molar-refractivity contribution in [2.75, 3.05) is 0 Å². The first-order valence-electron chi connectivity index (χ1n) is 10.7. The summed E-state index contributed by atoms with van der Waals surface area (Å²) in [5.41, 5.74) is 1.97. The van der Waals surface area contributed by atoms with Crippen molar-refractivity contribution in [3.63, 3.8) is 0 Å². The quantitative estimate of drug-likeness (QED) is 0.523. The maximum atomic E-state index is 11.6. The molecule has 33 heavy (non-hydrogen) atoms. The lowest BCUT2D eigenvalue weighted by Crippen LogP contribution is -2.55. The summed E-state index contributed by atoms with van der Waals surface area (Å²) in [6.07, 6.45) is 1.08. The minimum Gasteiger partial charge on any atom is -0.517 e. The van der Waals surface area contributed by atoms with Crippen LogP contribution in [0.3, 0.4) is 0 Å². The topological polar surface area (TPSA) is 97.4 Å². The van der Waals surface area contributed by atoms with Crippen LogP contribution in [0.25, 0.3) is 0 Å². The molecule has 0 aromatic heterocycles. The fourth-order valence-electron chi connectivity index (χ4n) is 3.72. The van der Waals surface area contributed by atoms with Crippen LogP contribution in [-0.2, 0) is 45.1 Å². The molecule has 10 heteroatoms. The Balaban J connectivity index is 1.69. The van der Waals surface area contributed by atoms with Crippen LogP contribution in [0.1, 0.15) is 38.3 Å². The van der Waals surface area contributed by atoms with Crippen molar-refractivity contribution in [1.29, 1.82) is 0 Å². The van der Waals surface area contributed by atoms with E-state index in [1.165, 1.54) is 20.8 Å². The zero-order valence-electron chi connectivity index (χ0n) is 19.2. The predicted octanol–water partition coefficient (Wildman–Crippen LogP) is 3.14. The molecule has 0 spiro atoms. The van der Waals surface area contributed by atoms with Gasteiger partial charge >= 0.3 is 17.4 Å². The highest BCUT2D eigenvalue weighted by Crippen LogP contribution is 2.31. The molecule has 0 fully saturated rings. The third-order valence-electron chi connectivity index (χ3n) is 5.08. The molecule has 0 amide bonds. The molecule has 1 unspecified atom stereocenters. The summed E-state index contributed by atoms with van der Waals surface area (Å²) in [6, 6.07) is 16.0. The van der Waals surface area contributed by atoms with E-state index >= 15 is 0 Å². The first kappa shape index (κ1) is 24.7. The van der Waals surface area contributed by atoms with Crippen LogP contribution in [-0.4, -0.2) is 35.3 Å². The summed E-state index contributed by atoms with van der Waals surface area (Å²) >= 11 is 0. The van der Waals surface area contributed by atoms with Crippen LogP contribution in [0.4, 0.5) is 0 Å². The molecule has 0 N–H and O–H groups in total. The van der Waals surface area contributed by atoms with Crippen LogP contribution in [0.15, 0.2) is 48.5 Å². The molecule has 0 saturated heterocycles. The van der Waals surface area contributed by atoms with Crippen molar-refractivity contribution in [3.05, 3.63) is 59.7 Å². The normalized spacial score (nSPS) is 17.3. The molecule has 1 aliphatic rings. The highest BCUT2D eigenvalue weighted by Gasteiger charge is 2.51. The van der Waals surface area contributed by atoms with E-state index in [4.69, 9.17) is 22.1 Å². The summed E-state index contributed by atoms with van der Waals surface area (Å²) in [5, 5.41) is 1.07. The van der Waals surface area contributed by atoms with Crippen molar-refractivity contribution < 1.29 is 36.5 Å². The molecule has 3 rings (SSSR count). The van der Waals surface area contributed by atoms with Gasteiger partial charge in [-0.25, -0.2) is 0 Å². The number of carbonyl (C=O) groups excluding carboxylic acids is 3.